The standard InChI is InChI=1S/C20H21N3O3S2/c1-3-14-4-6-15(7-5-14)26-11-19(25)23-20-22-17(12-27-20)18-9-8-16(28-18)10-21-13(2)24/h4-9,12H,3,10-11H2,1-2H3,(H,21,24)(H,22,23,25). The topological polar surface area (TPSA) is 80.3 Å². The molecule has 0 aliphatic heterocycles. The van der Waals surface area contributed by atoms with Gasteiger partial charge < -0.3 is 10.1 Å². The molecule has 0 bridgehead atoms. The molecule has 0 spiro atoms. The van der Waals surface area contributed by atoms with Crippen molar-refractivity contribution in [3.05, 3.63) is 52.2 Å². The van der Waals surface area contributed by atoms with Crippen LogP contribution in [0.25, 0.3) is 10.6 Å². The van der Waals surface area contributed by atoms with Crippen LogP contribution < -0.4 is 15.4 Å². The fourth-order valence-corrected chi connectivity index (χ4v) is 4.10. The molecule has 2 amide bonds. The predicted octanol–water partition coefficient (Wildman–Crippen LogP) is 4.09. The highest BCUT2D eigenvalue weighted by molar-refractivity contribution is 7.17. The van der Waals surface area contributed by atoms with E-state index in [9.17, 15) is 9.59 Å². The predicted molar refractivity (Wildman–Crippen MR) is 113 cm³/mol. The van der Waals surface area contributed by atoms with Crippen molar-refractivity contribution in [2.75, 3.05) is 11.9 Å². The first kappa shape index (κ1) is 20.0. The third-order valence-corrected chi connectivity index (χ3v) is 5.74. The molecule has 0 aliphatic carbocycles. The maximum absolute atomic E-state index is 12.1. The van der Waals surface area contributed by atoms with Crippen LogP contribution in [0.1, 0.15) is 24.3 Å². The van der Waals surface area contributed by atoms with Gasteiger partial charge in [-0.2, -0.15) is 0 Å². The molecule has 0 saturated heterocycles. The zero-order valence-corrected chi connectivity index (χ0v) is 17.3. The van der Waals surface area contributed by atoms with Crippen molar-refractivity contribution in [1.29, 1.82) is 0 Å². The molecule has 3 rings (SSSR count). The Labute approximate surface area is 171 Å². The van der Waals surface area contributed by atoms with Crippen molar-refractivity contribution < 1.29 is 14.3 Å². The van der Waals surface area contributed by atoms with Crippen LogP contribution in [0.15, 0.2) is 41.8 Å². The van der Waals surface area contributed by atoms with E-state index in [2.05, 4.69) is 22.5 Å². The maximum Gasteiger partial charge on any atom is 0.264 e. The summed E-state index contributed by atoms with van der Waals surface area (Å²) in [5, 5.41) is 7.96. The molecule has 0 fully saturated rings. The molecule has 2 N–H and O–H groups in total. The molecule has 0 saturated carbocycles. The highest BCUT2D eigenvalue weighted by atomic mass is 32.1. The molecular formula is C20H21N3O3S2. The monoisotopic (exact) mass is 415 g/mol. The Balaban J connectivity index is 1.52. The highest BCUT2D eigenvalue weighted by Gasteiger charge is 2.11. The summed E-state index contributed by atoms with van der Waals surface area (Å²) in [7, 11) is 0. The summed E-state index contributed by atoms with van der Waals surface area (Å²) >= 11 is 2.93. The minimum absolute atomic E-state index is 0.0582. The summed E-state index contributed by atoms with van der Waals surface area (Å²) in [6, 6.07) is 11.6. The van der Waals surface area contributed by atoms with Crippen LogP contribution in [0.3, 0.4) is 0 Å². The summed E-state index contributed by atoms with van der Waals surface area (Å²) in [6.07, 6.45) is 0.964. The first-order valence-electron chi connectivity index (χ1n) is 8.84. The number of aryl methyl sites for hydroxylation is 1. The van der Waals surface area contributed by atoms with Gasteiger partial charge in [0.25, 0.3) is 5.91 Å². The average Bonchev–Trinajstić information content (AvgIpc) is 3.34. The van der Waals surface area contributed by atoms with Crippen LogP contribution in [-0.2, 0) is 22.6 Å². The van der Waals surface area contributed by atoms with E-state index in [4.69, 9.17) is 4.74 Å². The molecule has 2 heterocycles. The number of aromatic nitrogens is 1. The average molecular weight is 416 g/mol. The molecule has 3 aromatic rings. The molecular weight excluding hydrogens is 394 g/mol. The number of nitrogens with zero attached hydrogens (tertiary/aromatic N) is 1. The minimum atomic E-state index is -0.252. The molecule has 2 aromatic heterocycles. The van der Waals surface area contributed by atoms with Gasteiger partial charge in [0.2, 0.25) is 5.91 Å². The number of thiophene rings is 1. The number of ether oxygens (including phenoxy) is 1. The molecule has 0 aliphatic rings. The number of nitrogens with one attached hydrogen (secondary N) is 2. The lowest BCUT2D eigenvalue weighted by Crippen LogP contribution is -2.20. The second kappa shape index (κ2) is 9.48. The quantitative estimate of drug-likeness (QED) is 0.581. The largest absolute Gasteiger partial charge is 0.484 e. The number of amides is 2. The molecule has 6 nitrogen and oxygen atoms in total. The SMILES string of the molecule is CCc1ccc(OCC(=O)Nc2nc(-c3ccc(CNC(C)=O)s3)cs2)cc1. The number of carbonyl (C=O) groups is 2. The van der Waals surface area contributed by atoms with Crippen molar-refractivity contribution in [3.63, 3.8) is 0 Å². The third-order valence-electron chi connectivity index (χ3n) is 3.88. The summed E-state index contributed by atoms with van der Waals surface area (Å²) in [5.74, 6) is 0.354. The number of rotatable bonds is 8. The van der Waals surface area contributed by atoms with Gasteiger partial charge in [-0.1, -0.05) is 19.1 Å². The van der Waals surface area contributed by atoms with E-state index < -0.39 is 0 Å². The van der Waals surface area contributed by atoms with Gasteiger partial charge in [0.15, 0.2) is 11.7 Å². The van der Waals surface area contributed by atoms with Gasteiger partial charge in [-0.05, 0) is 36.2 Å². The Morgan fingerprint density at radius 1 is 1.14 bits per heavy atom. The van der Waals surface area contributed by atoms with E-state index in [1.165, 1.54) is 23.8 Å². The fraction of sp³-hybridized carbons (Fsp3) is 0.250. The number of carbonyl (C=O) groups excluding carboxylic acids is 2. The number of thiazole rings is 1. The van der Waals surface area contributed by atoms with Crippen LogP contribution in [0, 0.1) is 0 Å². The van der Waals surface area contributed by atoms with Gasteiger partial charge >= 0.3 is 0 Å². The van der Waals surface area contributed by atoms with E-state index in [1.807, 2.05) is 41.8 Å². The second-order valence-electron chi connectivity index (χ2n) is 6.05. The van der Waals surface area contributed by atoms with Crippen molar-refractivity contribution in [1.82, 2.24) is 10.3 Å². The Morgan fingerprint density at radius 3 is 2.64 bits per heavy atom. The van der Waals surface area contributed by atoms with E-state index in [0.717, 1.165) is 21.9 Å². The molecule has 28 heavy (non-hydrogen) atoms. The smallest absolute Gasteiger partial charge is 0.264 e. The van der Waals surface area contributed by atoms with Crippen molar-refractivity contribution in [3.8, 4) is 16.3 Å². The summed E-state index contributed by atoms with van der Waals surface area (Å²) in [4.78, 5) is 29.6. The van der Waals surface area contributed by atoms with Gasteiger partial charge in [0.05, 0.1) is 17.1 Å². The van der Waals surface area contributed by atoms with Crippen molar-refractivity contribution in [2.24, 2.45) is 0 Å². The minimum Gasteiger partial charge on any atom is -0.484 e. The van der Waals surface area contributed by atoms with Crippen LogP contribution in [0.4, 0.5) is 5.13 Å². The first-order chi connectivity index (χ1) is 13.5. The Morgan fingerprint density at radius 2 is 1.93 bits per heavy atom. The first-order valence-corrected chi connectivity index (χ1v) is 10.5. The number of hydrogen-bond donors (Lipinski definition) is 2. The van der Waals surface area contributed by atoms with Crippen LogP contribution in [0.2, 0.25) is 0 Å². The summed E-state index contributed by atoms with van der Waals surface area (Å²) in [5.41, 5.74) is 2.02. The number of anilines is 1. The number of hydrogen-bond acceptors (Lipinski definition) is 6. The molecule has 8 heteroatoms. The summed E-state index contributed by atoms with van der Waals surface area (Å²) in [6.45, 7) is 4.02. The van der Waals surface area contributed by atoms with E-state index in [1.54, 1.807) is 11.3 Å². The molecule has 1 aromatic carbocycles. The lowest BCUT2D eigenvalue weighted by atomic mass is 10.2. The zero-order valence-electron chi connectivity index (χ0n) is 15.7. The van der Waals surface area contributed by atoms with Crippen molar-refractivity contribution >= 4 is 39.6 Å². The van der Waals surface area contributed by atoms with Gasteiger partial charge in [0, 0.05) is 17.2 Å². The van der Waals surface area contributed by atoms with Crippen molar-refractivity contribution in [2.45, 2.75) is 26.8 Å². The molecule has 0 atom stereocenters. The van der Waals surface area contributed by atoms with Gasteiger partial charge in [0.1, 0.15) is 5.75 Å². The lowest BCUT2D eigenvalue weighted by molar-refractivity contribution is -0.119. The molecule has 0 radical (unpaired) electrons. The van der Waals surface area contributed by atoms with E-state index >= 15 is 0 Å². The Bertz CT molecular complexity index is 948. The van der Waals surface area contributed by atoms with Gasteiger partial charge in [-0.3, -0.25) is 14.9 Å². The second-order valence-corrected chi connectivity index (χ2v) is 8.07. The number of benzene rings is 1. The Kier molecular flexibility index (Phi) is 6.78. The maximum atomic E-state index is 12.1. The van der Waals surface area contributed by atoms with E-state index in [0.29, 0.717) is 17.4 Å². The van der Waals surface area contributed by atoms with Gasteiger partial charge in [-0.15, -0.1) is 22.7 Å². The summed E-state index contributed by atoms with van der Waals surface area (Å²) < 4.78 is 5.51. The molecule has 146 valence electrons. The Hall–Kier alpha value is -2.71. The fourth-order valence-electron chi connectivity index (χ4n) is 2.39. The van der Waals surface area contributed by atoms with E-state index in [-0.39, 0.29) is 18.4 Å². The highest BCUT2D eigenvalue weighted by Crippen LogP contribution is 2.30. The van der Waals surface area contributed by atoms with Crippen LogP contribution in [-0.4, -0.2) is 23.4 Å². The normalized spacial score (nSPS) is 10.5. The zero-order chi connectivity index (χ0) is 19.9. The van der Waals surface area contributed by atoms with Crippen LogP contribution in [0.5, 0.6) is 5.75 Å². The van der Waals surface area contributed by atoms with Crippen LogP contribution >= 0.6 is 22.7 Å². The van der Waals surface area contributed by atoms with Gasteiger partial charge in [-0.25, -0.2) is 4.98 Å². The third kappa shape index (κ3) is 5.64. The molecule has 0 unspecified atom stereocenters. The lowest BCUT2D eigenvalue weighted by Gasteiger charge is -2.06.